The van der Waals surface area contributed by atoms with Gasteiger partial charge in [0.15, 0.2) is 0 Å². The molecule has 0 aliphatic heterocycles. The van der Waals surface area contributed by atoms with Gasteiger partial charge in [-0.25, -0.2) is 0 Å². The molecule has 0 aliphatic rings. The summed E-state index contributed by atoms with van der Waals surface area (Å²) in [4.78, 5) is 0. The van der Waals surface area contributed by atoms with Gasteiger partial charge in [-0.15, -0.1) is 0 Å². The number of hydrogen-bond donors (Lipinski definition) is 1. The van der Waals surface area contributed by atoms with Crippen molar-refractivity contribution in [2.45, 2.75) is 52.6 Å². The van der Waals surface area contributed by atoms with Crippen LogP contribution in [0.15, 0.2) is 24.3 Å². The lowest BCUT2D eigenvalue weighted by Crippen LogP contribution is -2.31. The summed E-state index contributed by atoms with van der Waals surface area (Å²) in [6.45, 7) is 8.55. The van der Waals surface area contributed by atoms with Gasteiger partial charge in [0.2, 0.25) is 0 Å². The summed E-state index contributed by atoms with van der Waals surface area (Å²) in [5, 5.41) is 3.41. The zero-order chi connectivity index (χ0) is 13.2. The second kappa shape index (κ2) is 8.98. The van der Waals surface area contributed by atoms with Crippen molar-refractivity contribution in [3.63, 3.8) is 0 Å². The van der Waals surface area contributed by atoms with Gasteiger partial charge in [-0.3, -0.25) is 0 Å². The van der Waals surface area contributed by atoms with Crippen molar-refractivity contribution in [2.75, 3.05) is 13.1 Å². The third-order valence-electron chi connectivity index (χ3n) is 3.02. The first-order valence-corrected chi connectivity index (χ1v) is 7.26. The van der Waals surface area contributed by atoms with Gasteiger partial charge in [0, 0.05) is 6.54 Å². The molecule has 0 bridgehead atoms. The lowest BCUT2D eigenvalue weighted by Gasteiger charge is -2.18. The molecule has 1 unspecified atom stereocenters. The molecule has 1 rings (SSSR count). The highest BCUT2D eigenvalue weighted by atomic mass is 16.5. The molecule has 2 heteroatoms. The van der Waals surface area contributed by atoms with E-state index in [-0.39, 0.29) is 6.10 Å². The maximum absolute atomic E-state index is 5.98. The van der Waals surface area contributed by atoms with Crippen LogP contribution in [-0.4, -0.2) is 19.2 Å². The van der Waals surface area contributed by atoms with Crippen molar-refractivity contribution < 1.29 is 4.74 Å². The Hall–Kier alpha value is -1.02. The van der Waals surface area contributed by atoms with Crippen molar-refractivity contribution in [3.05, 3.63) is 29.8 Å². The molecule has 0 fully saturated rings. The van der Waals surface area contributed by atoms with Gasteiger partial charge < -0.3 is 10.1 Å². The van der Waals surface area contributed by atoms with E-state index in [2.05, 4.69) is 50.4 Å². The minimum atomic E-state index is 0.272. The topological polar surface area (TPSA) is 21.3 Å². The fraction of sp³-hybridized carbons (Fsp3) is 0.625. The maximum Gasteiger partial charge on any atom is 0.119 e. The standard InChI is InChI=1S/C16H27NO/c1-4-7-14-8-10-16(11-9-14)18-15(6-3)13-17-12-5-2/h8-11,15,17H,4-7,12-13H2,1-3H3. The molecule has 0 aromatic heterocycles. The van der Waals surface area contributed by atoms with Crippen LogP contribution in [0.3, 0.4) is 0 Å². The van der Waals surface area contributed by atoms with Gasteiger partial charge in [-0.2, -0.15) is 0 Å². The molecule has 0 radical (unpaired) electrons. The summed E-state index contributed by atoms with van der Waals surface area (Å²) in [5.41, 5.74) is 1.39. The Balaban J connectivity index is 2.43. The smallest absolute Gasteiger partial charge is 0.119 e. The monoisotopic (exact) mass is 249 g/mol. The second-order valence-corrected chi connectivity index (χ2v) is 4.75. The van der Waals surface area contributed by atoms with Crippen LogP contribution < -0.4 is 10.1 Å². The molecule has 1 N–H and O–H groups in total. The molecular weight excluding hydrogens is 222 g/mol. The van der Waals surface area contributed by atoms with E-state index in [1.165, 1.54) is 18.4 Å². The summed E-state index contributed by atoms with van der Waals surface area (Å²) in [6.07, 6.45) is 4.82. The van der Waals surface area contributed by atoms with Crippen LogP contribution in [0.4, 0.5) is 0 Å². The van der Waals surface area contributed by atoms with Crippen molar-refractivity contribution in [2.24, 2.45) is 0 Å². The van der Waals surface area contributed by atoms with Gasteiger partial charge in [0.25, 0.3) is 0 Å². The van der Waals surface area contributed by atoms with Crippen molar-refractivity contribution in [1.29, 1.82) is 0 Å². The third-order valence-corrected chi connectivity index (χ3v) is 3.02. The zero-order valence-electron chi connectivity index (χ0n) is 12.0. The predicted molar refractivity (Wildman–Crippen MR) is 78.3 cm³/mol. The fourth-order valence-corrected chi connectivity index (χ4v) is 1.92. The van der Waals surface area contributed by atoms with Crippen LogP contribution in [-0.2, 0) is 6.42 Å². The van der Waals surface area contributed by atoms with Crippen LogP contribution >= 0.6 is 0 Å². The second-order valence-electron chi connectivity index (χ2n) is 4.75. The number of rotatable bonds is 9. The number of aryl methyl sites for hydroxylation is 1. The van der Waals surface area contributed by atoms with Crippen LogP contribution in [0.2, 0.25) is 0 Å². The molecule has 1 aromatic carbocycles. The third kappa shape index (κ3) is 5.54. The zero-order valence-corrected chi connectivity index (χ0v) is 12.0. The molecule has 0 saturated heterocycles. The molecule has 0 heterocycles. The normalized spacial score (nSPS) is 12.4. The Morgan fingerprint density at radius 2 is 1.78 bits per heavy atom. The van der Waals surface area contributed by atoms with Gasteiger partial charge in [0.05, 0.1) is 0 Å². The van der Waals surface area contributed by atoms with E-state index in [0.29, 0.717) is 0 Å². The number of nitrogens with one attached hydrogen (secondary N) is 1. The summed E-state index contributed by atoms with van der Waals surface area (Å²) >= 11 is 0. The number of benzene rings is 1. The van der Waals surface area contributed by atoms with Crippen molar-refractivity contribution in [3.8, 4) is 5.75 Å². The van der Waals surface area contributed by atoms with E-state index >= 15 is 0 Å². The lowest BCUT2D eigenvalue weighted by molar-refractivity contribution is 0.193. The molecule has 1 atom stereocenters. The average molecular weight is 249 g/mol. The van der Waals surface area contributed by atoms with Crippen LogP contribution in [0.25, 0.3) is 0 Å². The highest BCUT2D eigenvalue weighted by Crippen LogP contribution is 2.15. The largest absolute Gasteiger partial charge is 0.489 e. The maximum atomic E-state index is 5.98. The minimum absolute atomic E-state index is 0.272. The first-order valence-electron chi connectivity index (χ1n) is 7.26. The van der Waals surface area contributed by atoms with Gasteiger partial charge in [-0.1, -0.05) is 39.3 Å². The van der Waals surface area contributed by atoms with Crippen molar-refractivity contribution >= 4 is 0 Å². The highest BCUT2D eigenvalue weighted by molar-refractivity contribution is 5.27. The fourth-order valence-electron chi connectivity index (χ4n) is 1.92. The quantitative estimate of drug-likeness (QED) is 0.672. The summed E-state index contributed by atoms with van der Waals surface area (Å²) in [5.74, 6) is 0.986. The van der Waals surface area contributed by atoms with E-state index in [4.69, 9.17) is 4.74 Å². The molecule has 2 nitrogen and oxygen atoms in total. The Kier molecular flexibility index (Phi) is 7.51. The Labute approximate surface area is 112 Å². The van der Waals surface area contributed by atoms with Crippen molar-refractivity contribution in [1.82, 2.24) is 5.32 Å². The SMILES string of the molecule is CCCNCC(CC)Oc1ccc(CCC)cc1. The Morgan fingerprint density at radius 3 is 2.33 bits per heavy atom. The van der Waals surface area contributed by atoms with E-state index in [0.717, 1.165) is 31.7 Å². The lowest BCUT2D eigenvalue weighted by atomic mass is 10.1. The van der Waals surface area contributed by atoms with Crippen LogP contribution in [0.1, 0.15) is 45.6 Å². The molecule has 0 amide bonds. The first-order chi connectivity index (χ1) is 8.80. The minimum Gasteiger partial charge on any atom is -0.489 e. The highest BCUT2D eigenvalue weighted by Gasteiger charge is 2.07. The molecule has 0 spiro atoms. The van der Waals surface area contributed by atoms with Crippen LogP contribution in [0.5, 0.6) is 5.75 Å². The van der Waals surface area contributed by atoms with E-state index in [1.54, 1.807) is 0 Å². The number of hydrogen-bond acceptors (Lipinski definition) is 2. The Bertz CT molecular complexity index is 307. The molecule has 18 heavy (non-hydrogen) atoms. The van der Waals surface area contributed by atoms with Gasteiger partial charge >= 0.3 is 0 Å². The van der Waals surface area contributed by atoms with E-state index < -0.39 is 0 Å². The Morgan fingerprint density at radius 1 is 1.06 bits per heavy atom. The van der Waals surface area contributed by atoms with E-state index in [1.807, 2.05) is 0 Å². The molecule has 1 aromatic rings. The molecule has 102 valence electrons. The molecular formula is C16H27NO. The van der Waals surface area contributed by atoms with E-state index in [9.17, 15) is 0 Å². The average Bonchev–Trinajstić information content (AvgIpc) is 2.40. The summed E-state index contributed by atoms with van der Waals surface area (Å²) < 4.78 is 5.98. The predicted octanol–water partition coefficient (Wildman–Crippen LogP) is 3.80. The molecule has 0 saturated carbocycles. The molecule has 0 aliphatic carbocycles. The first kappa shape index (κ1) is 15.0. The van der Waals surface area contributed by atoms with Gasteiger partial charge in [-0.05, 0) is 43.5 Å². The number of ether oxygens (including phenoxy) is 1. The summed E-state index contributed by atoms with van der Waals surface area (Å²) in [7, 11) is 0. The summed E-state index contributed by atoms with van der Waals surface area (Å²) in [6, 6.07) is 8.52. The van der Waals surface area contributed by atoms with Gasteiger partial charge in [0.1, 0.15) is 11.9 Å². The van der Waals surface area contributed by atoms with Crippen LogP contribution in [0, 0.1) is 0 Å².